The third kappa shape index (κ3) is 3.25. The Morgan fingerprint density at radius 3 is 2.62 bits per heavy atom. The van der Waals surface area contributed by atoms with E-state index in [1.54, 1.807) is 7.11 Å². The second kappa shape index (κ2) is 4.40. The van der Waals surface area contributed by atoms with Crippen molar-refractivity contribution in [2.45, 2.75) is 38.4 Å². The first-order valence-electron chi connectivity index (χ1n) is 5.01. The summed E-state index contributed by atoms with van der Waals surface area (Å²) in [6, 6.07) is 0. The molecule has 0 bridgehead atoms. The molecule has 0 radical (unpaired) electrons. The van der Waals surface area contributed by atoms with Crippen LogP contribution >= 0.6 is 0 Å². The van der Waals surface area contributed by atoms with E-state index >= 15 is 0 Å². The summed E-state index contributed by atoms with van der Waals surface area (Å²) in [6.07, 6.45) is 1.81. The second-order valence-corrected chi connectivity index (χ2v) is 4.52. The van der Waals surface area contributed by atoms with Crippen LogP contribution in [-0.4, -0.2) is 37.0 Å². The molecule has 0 amide bonds. The molecule has 0 unspecified atom stereocenters. The molecule has 1 aliphatic rings. The van der Waals surface area contributed by atoms with Crippen molar-refractivity contribution in [3.63, 3.8) is 0 Å². The number of ether oxygens (including phenoxy) is 1. The zero-order chi connectivity index (χ0) is 9.90. The van der Waals surface area contributed by atoms with Gasteiger partial charge in [-0.1, -0.05) is 13.8 Å². The van der Waals surface area contributed by atoms with E-state index in [1.807, 2.05) is 0 Å². The van der Waals surface area contributed by atoms with Gasteiger partial charge in [-0.2, -0.15) is 0 Å². The fourth-order valence-corrected chi connectivity index (χ4v) is 1.69. The lowest BCUT2D eigenvalue weighted by Gasteiger charge is -2.42. The quantitative estimate of drug-likeness (QED) is 0.668. The molecule has 0 atom stereocenters. The topological polar surface area (TPSA) is 41.5 Å². The molecule has 1 aliphatic carbocycles. The molecule has 0 aromatic rings. The first-order valence-corrected chi connectivity index (χ1v) is 5.01. The zero-order valence-electron chi connectivity index (χ0n) is 8.84. The van der Waals surface area contributed by atoms with E-state index in [-0.39, 0.29) is 6.10 Å². The van der Waals surface area contributed by atoms with Gasteiger partial charge in [-0.25, -0.2) is 0 Å². The molecular weight excluding hydrogens is 166 g/mol. The Labute approximate surface area is 80.5 Å². The third-order valence-electron chi connectivity index (χ3n) is 2.56. The molecule has 0 aliphatic heterocycles. The van der Waals surface area contributed by atoms with Crippen LogP contribution in [0.25, 0.3) is 0 Å². The van der Waals surface area contributed by atoms with E-state index in [2.05, 4.69) is 19.2 Å². The summed E-state index contributed by atoms with van der Waals surface area (Å²) >= 11 is 0. The van der Waals surface area contributed by atoms with Crippen molar-refractivity contribution in [3.8, 4) is 0 Å². The first kappa shape index (κ1) is 11.0. The summed E-state index contributed by atoms with van der Waals surface area (Å²) < 4.78 is 5.12. The van der Waals surface area contributed by atoms with E-state index in [4.69, 9.17) is 4.74 Å². The Bertz CT molecular complexity index is 153. The lowest BCUT2D eigenvalue weighted by molar-refractivity contribution is -0.124. The summed E-state index contributed by atoms with van der Waals surface area (Å²) in [5.74, 6) is 0.641. The van der Waals surface area contributed by atoms with Gasteiger partial charge in [-0.05, 0) is 12.5 Å². The molecule has 1 fully saturated rings. The molecule has 13 heavy (non-hydrogen) atoms. The van der Waals surface area contributed by atoms with Crippen LogP contribution in [-0.2, 0) is 4.74 Å². The highest BCUT2D eigenvalue weighted by molar-refractivity contribution is 4.96. The van der Waals surface area contributed by atoms with Gasteiger partial charge in [0.25, 0.3) is 0 Å². The van der Waals surface area contributed by atoms with Crippen LogP contribution in [0, 0.1) is 5.92 Å². The minimum absolute atomic E-state index is 0.269. The number of rotatable bonds is 5. The summed E-state index contributed by atoms with van der Waals surface area (Å²) in [7, 11) is 1.70. The third-order valence-corrected chi connectivity index (χ3v) is 2.56. The number of hydrogen-bond donors (Lipinski definition) is 2. The van der Waals surface area contributed by atoms with Crippen molar-refractivity contribution in [2.24, 2.45) is 5.92 Å². The fraction of sp³-hybridized carbons (Fsp3) is 1.00. The molecule has 0 spiro atoms. The molecule has 3 heteroatoms. The Balaban J connectivity index is 2.09. The Kier molecular flexibility index (Phi) is 3.71. The van der Waals surface area contributed by atoms with Gasteiger partial charge < -0.3 is 15.2 Å². The van der Waals surface area contributed by atoms with Gasteiger partial charge in [0.1, 0.15) is 0 Å². The van der Waals surface area contributed by atoms with Gasteiger partial charge in [0.2, 0.25) is 0 Å². The molecule has 0 aromatic heterocycles. The van der Waals surface area contributed by atoms with Gasteiger partial charge in [0, 0.05) is 26.5 Å². The predicted octanol–water partition coefficient (Wildman–Crippen LogP) is 0.772. The van der Waals surface area contributed by atoms with Gasteiger partial charge in [-0.15, -0.1) is 0 Å². The highest BCUT2D eigenvalue weighted by atomic mass is 16.5. The highest BCUT2D eigenvalue weighted by Crippen LogP contribution is 2.33. The van der Waals surface area contributed by atoms with Gasteiger partial charge >= 0.3 is 0 Å². The van der Waals surface area contributed by atoms with E-state index in [0.717, 1.165) is 19.4 Å². The maximum atomic E-state index is 9.88. The van der Waals surface area contributed by atoms with Crippen molar-refractivity contribution in [3.05, 3.63) is 0 Å². The monoisotopic (exact) mass is 187 g/mol. The van der Waals surface area contributed by atoms with Gasteiger partial charge in [0.05, 0.1) is 11.7 Å². The van der Waals surface area contributed by atoms with Crippen molar-refractivity contribution >= 4 is 0 Å². The van der Waals surface area contributed by atoms with Crippen molar-refractivity contribution in [1.29, 1.82) is 0 Å². The minimum Gasteiger partial charge on any atom is -0.388 e. The maximum absolute atomic E-state index is 9.88. The average Bonchev–Trinajstić information content (AvgIpc) is 1.98. The minimum atomic E-state index is -0.504. The van der Waals surface area contributed by atoms with Crippen LogP contribution in [0.15, 0.2) is 0 Å². The number of nitrogens with one attached hydrogen (secondary N) is 1. The largest absolute Gasteiger partial charge is 0.388 e. The Hall–Kier alpha value is -0.120. The zero-order valence-corrected chi connectivity index (χ0v) is 8.84. The van der Waals surface area contributed by atoms with Gasteiger partial charge in [0.15, 0.2) is 0 Å². The SMILES string of the molecule is COC1CC(O)(CNCC(C)C)C1. The second-order valence-electron chi connectivity index (χ2n) is 4.52. The van der Waals surface area contributed by atoms with E-state index < -0.39 is 5.60 Å². The molecule has 1 saturated carbocycles. The molecule has 0 aromatic carbocycles. The summed E-state index contributed by atoms with van der Waals surface area (Å²) in [5, 5.41) is 13.1. The molecule has 78 valence electrons. The molecular formula is C10H21NO2. The average molecular weight is 187 g/mol. The molecule has 1 rings (SSSR count). The number of hydrogen-bond acceptors (Lipinski definition) is 3. The van der Waals surface area contributed by atoms with Crippen LogP contribution < -0.4 is 5.32 Å². The van der Waals surface area contributed by atoms with Crippen molar-refractivity contribution in [2.75, 3.05) is 20.2 Å². The summed E-state index contributed by atoms with van der Waals surface area (Å²) in [4.78, 5) is 0. The molecule has 0 heterocycles. The van der Waals surface area contributed by atoms with Crippen LogP contribution in [0.1, 0.15) is 26.7 Å². The summed E-state index contributed by atoms with van der Waals surface area (Å²) in [5.41, 5.74) is -0.504. The highest BCUT2D eigenvalue weighted by Gasteiger charge is 2.42. The smallest absolute Gasteiger partial charge is 0.0820 e. The lowest BCUT2D eigenvalue weighted by atomic mass is 9.77. The van der Waals surface area contributed by atoms with E-state index in [0.29, 0.717) is 12.5 Å². The van der Waals surface area contributed by atoms with Gasteiger partial charge in [-0.3, -0.25) is 0 Å². The van der Waals surface area contributed by atoms with Crippen LogP contribution in [0.4, 0.5) is 0 Å². The van der Waals surface area contributed by atoms with E-state index in [1.165, 1.54) is 0 Å². The Morgan fingerprint density at radius 1 is 1.54 bits per heavy atom. The number of methoxy groups -OCH3 is 1. The van der Waals surface area contributed by atoms with Crippen LogP contribution in [0.2, 0.25) is 0 Å². The van der Waals surface area contributed by atoms with Crippen LogP contribution in [0.5, 0.6) is 0 Å². The predicted molar refractivity (Wildman–Crippen MR) is 52.7 cm³/mol. The van der Waals surface area contributed by atoms with Crippen LogP contribution in [0.3, 0.4) is 0 Å². The molecule has 0 saturated heterocycles. The molecule has 3 nitrogen and oxygen atoms in total. The number of aliphatic hydroxyl groups is 1. The maximum Gasteiger partial charge on any atom is 0.0820 e. The first-order chi connectivity index (χ1) is 6.06. The normalized spacial score (nSPS) is 33.5. The lowest BCUT2D eigenvalue weighted by Crippen LogP contribution is -2.54. The van der Waals surface area contributed by atoms with Crippen molar-refractivity contribution in [1.82, 2.24) is 5.32 Å². The fourth-order valence-electron chi connectivity index (χ4n) is 1.69. The standard InChI is InChI=1S/C10H21NO2/c1-8(2)6-11-7-10(12)4-9(5-10)13-3/h8-9,11-12H,4-7H2,1-3H3. The summed E-state index contributed by atoms with van der Waals surface area (Å²) in [6.45, 7) is 6.00. The molecule has 2 N–H and O–H groups in total. The van der Waals surface area contributed by atoms with Crippen molar-refractivity contribution < 1.29 is 9.84 Å². The van der Waals surface area contributed by atoms with E-state index in [9.17, 15) is 5.11 Å². The Morgan fingerprint density at radius 2 is 2.15 bits per heavy atom.